The van der Waals surface area contributed by atoms with E-state index in [1.165, 1.54) is 16.9 Å². The highest BCUT2D eigenvalue weighted by molar-refractivity contribution is 7.17. The number of carboxylic acid groups (broad SMARTS) is 1. The van der Waals surface area contributed by atoms with E-state index in [4.69, 9.17) is 10.8 Å². The molecule has 0 spiro atoms. The number of carboxylic acids is 1. The second kappa shape index (κ2) is 3.98. The molecule has 2 aromatic rings. The van der Waals surface area contributed by atoms with E-state index < -0.39 is 5.97 Å². The number of rotatable bonds is 2. The van der Waals surface area contributed by atoms with Crippen LogP contribution in [0, 0.1) is 6.92 Å². The number of aromatic carboxylic acids is 1. The zero-order valence-corrected chi connectivity index (χ0v) is 9.54. The third kappa shape index (κ3) is 1.92. The highest BCUT2D eigenvalue weighted by Crippen LogP contribution is 2.33. The molecule has 0 unspecified atom stereocenters. The molecule has 0 aliphatic heterocycles. The van der Waals surface area contributed by atoms with E-state index in [2.05, 4.69) is 0 Å². The molecule has 3 N–H and O–H groups in total. The number of hydrogen-bond donors (Lipinski definition) is 2. The summed E-state index contributed by atoms with van der Waals surface area (Å²) in [5.74, 6) is -0.971. The van der Waals surface area contributed by atoms with Crippen LogP contribution >= 0.6 is 11.3 Å². The van der Waals surface area contributed by atoms with Crippen molar-refractivity contribution in [1.82, 2.24) is 0 Å². The molecule has 0 bridgehead atoms. The molecule has 16 heavy (non-hydrogen) atoms. The summed E-state index contributed by atoms with van der Waals surface area (Å²) in [6.45, 7) is 2.01. The lowest BCUT2D eigenvalue weighted by Crippen LogP contribution is -1.96. The number of thiophene rings is 1. The Morgan fingerprint density at radius 2 is 1.94 bits per heavy atom. The zero-order valence-electron chi connectivity index (χ0n) is 8.73. The minimum absolute atomic E-state index is 0.204. The van der Waals surface area contributed by atoms with Crippen molar-refractivity contribution in [2.24, 2.45) is 0 Å². The summed E-state index contributed by atoms with van der Waals surface area (Å²) in [6, 6.07) is 9.62. The van der Waals surface area contributed by atoms with Crippen molar-refractivity contribution in [2.75, 3.05) is 5.73 Å². The minimum Gasteiger partial charge on any atom is -0.477 e. The Labute approximate surface area is 97.2 Å². The van der Waals surface area contributed by atoms with E-state index in [0.29, 0.717) is 5.69 Å². The lowest BCUT2D eigenvalue weighted by molar-refractivity contribution is 0.0703. The van der Waals surface area contributed by atoms with Crippen molar-refractivity contribution in [3.63, 3.8) is 0 Å². The Morgan fingerprint density at radius 1 is 1.31 bits per heavy atom. The average molecular weight is 233 g/mol. The predicted octanol–water partition coefficient (Wildman–Crippen LogP) is 3.00. The van der Waals surface area contributed by atoms with Crippen LogP contribution in [-0.4, -0.2) is 11.1 Å². The van der Waals surface area contributed by atoms with E-state index in [1.54, 1.807) is 6.07 Å². The fraction of sp³-hybridized carbons (Fsp3) is 0.0833. The van der Waals surface area contributed by atoms with E-state index in [-0.39, 0.29) is 4.88 Å². The number of hydrogen-bond acceptors (Lipinski definition) is 3. The van der Waals surface area contributed by atoms with Crippen LogP contribution in [0.1, 0.15) is 15.2 Å². The number of anilines is 1. The molecule has 1 aromatic carbocycles. The van der Waals surface area contributed by atoms with Crippen LogP contribution in [-0.2, 0) is 0 Å². The molecule has 0 saturated carbocycles. The van der Waals surface area contributed by atoms with Gasteiger partial charge in [0.05, 0.1) is 5.69 Å². The lowest BCUT2D eigenvalue weighted by Gasteiger charge is -1.97. The molecule has 1 heterocycles. The summed E-state index contributed by atoms with van der Waals surface area (Å²) in [5.41, 5.74) is 8.13. The van der Waals surface area contributed by atoms with Crippen LogP contribution in [0.5, 0.6) is 0 Å². The summed E-state index contributed by atoms with van der Waals surface area (Å²) < 4.78 is 0. The average Bonchev–Trinajstić information content (AvgIpc) is 2.61. The Hall–Kier alpha value is -1.81. The van der Waals surface area contributed by atoms with Crippen molar-refractivity contribution in [2.45, 2.75) is 6.92 Å². The quantitative estimate of drug-likeness (QED) is 0.838. The molecule has 0 atom stereocenters. The standard InChI is InChI=1S/C12H11NO2S/c1-7-2-4-8(5-3-7)10-6-9(13)11(16-10)12(14)15/h2-6H,13H2,1H3,(H,14,15). The molecule has 0 radical (unpaired) electrons. The van der Waals surface area contributed by atoms with E-state index in [1.807, 2.05) is 31.2 Å². The van der Waals surface area contributed by atoms with Crippen LogP contribution < -0.4 is 5.73 Å². The summed E-state index contributed by atoms with van der Waals surface area (Å²) in [5, 5.41) is 8.90. The lowest BCUT2D eigenvalue weighted by atomic mass is 10.1. The van der Waals surface area contributed by atoms with Gasteiger partial charge in [0.15, 0.2) is 0 Å². The van der Waals surface area contributed by atoms with Gasteiger partial charge in [-0.25, -0.2) is 4.79 Å². The maximum atomic E-state index is 10.9. The molecule has 0 fully saturated rings. The van der Waals surface area contributed by atoms with Gasteiger partial charge in [-0.05, 0) is 18.6 Å². The van der Waals surface area contributed by atoms with Gasteiger partial charge in [0.25, 0.3) is 0 Å². The van der Waals surface area contributed by atoms with Crippen LogP contribution in [0.3, 0.4) is 0 Å². The monoisotopic (exact) mass is 233 g/mol. The Balaban J connectivity index is 2.45. The minimum atomic E-state index is -0.971. The van der Waals surface area contributed by atoms with Gasteiger partial charge in [0.1, 0.15) is 4.88 Å². The van der Waals surface area contributed by atoms with Crippen molar-refractivity contribution in [3.8, 4) is 10.4 Å². The molecule has 3 nitrogen and oxygen atoms in total. The van der Waals surface area contributed by atoms with Gasteiger partial charge in [0, 0.05) is 4.88 Å². The van der Waals surface area contributed by atoms with Gasteiger partial charge >= 0.3 is 5.97 Å². The molecule has 0 aliphatic rings. The third-order valence-electron chi connectivity index (χ3n) is 2.29. The van der Waals surface area contributed by atoms with Gasteiger partial charge in [-0.1, -0.05) is 29.8 Å². The highest BCUT2D eigenvalue weighted by Gasteiger charge is 2.13. The summed E-state index contributed by atoms with van der Waals surface area (Å²) in [4.78, 5) is 11.9. The summed E-state index contributed by atoms with van der Waals surface area (Å²) in [6.07, 6.45) is 0. The van der Waals surface area contributed by atoms with Crippen molar-refractivity contribution < 1.29 is 9.90 Å². The van der Waals surface area contributed by atoms with Gasteiger partial charge in [-0.15, -0.1) is 11.3 Å². The second-order valence-corrected chi connectivity index (χ2v) is 4.62. The second-order valence-electron chi connectivity index (χ2n) is 3.57. The Morgan fingerprint density at radius 3 is 2.44 bits per heavy atom. The molecule has 2 rings (SSSR count). The molecule has 0 aliphatic carbocycles. The number of nitrogens with two attached hydrogens (primary N) is 1. The highest BCUT2D eigenvalue weighted by atomic mass is 32.1. The SMILES string of the molecule is Cc1ccc(-c2cc(N)c(C(=O)O)s2)cc1. The largest absolute Gasteiger partial charge is 0.477 e. The molecule has 1 aromatic heterocycles. The predicted molar refractivity (Wildman–Crippen MR) is 65.9 cm³/mol. The first-order chi connectivity index (χ1) is 7.58. The normalized spacial score (nSPS) is 10.3. The summed E-state index contributed by atoms with van der Waals surface area (Å²) >= 11 is 1.20. The number of aryl methyl sites for hydroxylation is 1. The van der Waals surface area contributed by atoms with Gasteiger partial charge in [0.2, 0.25) is 0 Å². The topological polar surface area (TPSA) is 63.3 Å². The smallest absolute Gasteiger partial charge is 0.348 e. The Kier molecular flexibility index (Phi) is 2.66. The fourth-order valence-electron chi connectivity index (χ4n) is 1.43. The number of benzene rings is 1. The molecule has 4 heteroatoms. The van der Waals surface area contributed by atoms with Crippen molar-refractivity contribution in [1.29, 1.82) is 0 Å². The van der Waals surface area contributed by atoms with Gasteiger partial charge in [-0.3, -0.25) is 0 Å². The van der Waals surface area contributed by atoms with Gasteiger partial charge in [-0.2, -0.15) is 0 Å². The van der Waals surface area contributed by atoms with E-state index in [0.717, 1.165) is 10.4 Å². The van der Waals surface area contributed by atoms with Crippen LogP contribution in [0.25, 0.3) is 10.4 Å². The number of carbonyl (C=O) groups is 1. The molecular weight excluding hydrogens is 222 g/mol. The molecular formula is C12H11NO2S. The molecule has 0 amide bonds. The Bertz CT molecular complexity index is 528. The molecule has 82 valence electrons. The fourth-order valence-corrected chi connectivity index (χ4v) is 2.36. The first-order valence-electron chi connectivity index (χ1n) is 4.77. The van der Waals surface area contributed by atoms with Gasteiger partial charge < -0.3 is 10.8 Å². The van der Waals surface area contributed by atoms with Crippen LogP contribution in [0.15, 0.2) is 30.3 Å². The van der Waals surface area contributed by atoms with E-state index >= 15 is 0 Å². The first kappa shape index (κ1) is 10.7. The first-order valence-corrected chi connectivity index (χ1v) is 5.59. The maximum absolute atomic E-state index is 10.9. The number of nitrogen functional groups attached to an aromatic ring is 1. The van der Waals surface area contributed by atoms with Crippen LogP contribution in [0.4, 0.5) is 5.69 Å². The third-order valence-corrected chi connectivity index (χ3v) is 3.48. The van der Waals surface area contributed by atoms with E-state index in [9.17, 15) is 4.79 Å². The van der Waals surface area contributed by atoms with Crippen molar-refractivity contribution >= 4 is 23.0 Å². The summed E-state index contributed by atoms with van der Waals surface area (Å²) in [7, 11) is 0. The van der Waals surface area contributed by atoms with Crippen LogP contribution in [0.2, 0.25) is 0 Å². The molecule has 0 saturated heterocycles. The zero-order chi connectivity index (χ0) is 11.7. The maximum Gasteiger partial charge on any atom is 0.348 e. The van der Waals surface area contributed by atoms with Crippen molar-refractivity contribution in [3.05, 3.63) is 40.8 Å².